The highest BCUT2D eigenvalue weighted by molar-refractivity contribution is 7.92. The molecule has 0 saturated carbocycles. The van der Waals surface area contributed by atoms with Crippen LogP contribution >= 0.6 is 0 Å². The fraction of sp³-hybridized carbons (Fsp3) is 0.194. The van der Waals surface area contributed by atoms with Gasteiger partial charge in [-0.2, -0.15) is 0 Å². The number of hydrogen-bond acceptors (Lipinski definition) is 5. The van der Waals surface area contributed by atoms with Gasteiger partial charge in [-0.15, -0.1) is 0 Å². The molecule has 8 heteroatoms. The van der Waals surface area contributed by atoms with Gasteiger partial charge in [0.15, 0.2) is 5.75 Å². The monoisotopic (exact) mass is 544 g/mol. The van der Waals surface area contributed by atoms with Crippen LogP contribution in [0.5, 0.6) is 17.2 Å². The Labute approximate surface area is 230 Å². The number of nitrogens with zero attached hydrogens (tertiary/aromatic N) is 1. The fourth-order valence-electron chi connectivity index (χ4n) is 3.91. The van der Waals surface area contributed by atoms with Gasteiger partial charge < -0.3 is 14.8 Å². The highest BCUT2D eigenvalue weighted by atomic mass is 32.2. The lowest BCUT2D eigenvalue weighted by atomic mass is 10.1. The quantitative estimate of drug-likeness (QED) is 0.239. The summed E-state index contributed by atoms with van der Waals surface area (Å²) in [5.74, 6) is 1.57. The number of nitrogens with one attached hydrogen (secondary N) is 1. The van der Waals surface area contributed by atoms with Crippen molar-refractivity contribution in [2.45, 2.75) is 20.4 Å². The number of carbonyl (C=O) groups is 1. The van der Waals surface area contributed by atoms with Crippen LogP contribution in [0.15, 0.2) is 97.1 Å². The van der Waals surface area contributed by atoms with E-state index in [0.717, 1.165) is 23.1 Å². The Balaban J connectivity index is 1.39. The molecule has 4 aromatic rings. The minimum Gasteiger partial charge on any atom is -0.492 e. The maximum Gasteiger partial charge on any atom is 0.251 e. The Bertz CT molecular complexity index is 1520. The zero-order valence-corrected chi connectivity index (χ0v) is 23.1. The van der Waals surface area contributed by atoms with Gasteiger partial charge in [0.2, 0.25) is 10.0 Å². The summed E-state index contributed by atoms with van der Waals surface area (Å²) in [6.45, 7) is 4.86. The summed E-state index contributed by atoms with van der Waals surface area (Å²) in [4.78, 5) is 12.6. The molecule has 1 amide bonds. The zero-order chi connectivity index (χ0) is 27.8. The van der Waals surface area contributed by atoms with E-state index in [0.29, 0.717) is 35.9 Å². The zero-order valence-electron chi connectivity index (χ0n) is 22.3. The topological polar surface area (TPSA) is 84.9 Å². The van der Waals surface area contributed by atoms with Crippen LogP contribution in [0.25, 0.3) is 0 Å². The summed E-state index contributed by atoms with van der Waals surface area (Å²) in [5.41, 5.74) is 3.98. The lowest BCUT2D eigenvalue weighted by Gasteiger charge is -2.25. The number of ether oxygens (including phenoxy) is 2. The third-order valence-electron chi connectivity index (χ3n) is 6.18. The average molecular weight is 545 g/mol. The van der Waals surface area contributed by atoms with Crippen LogP contribution < -0.4 is 19.1 Å². The molecule has 39 heavy (non-hydrogen) atoms. The second-order valence-corrected chi connectivity index (χ2v) is 11.1. The van der Waals surface area contributed by atoms with Gasteiger partial charge in [-0.3, -0.25) is 9.10 Å². The van der Waals surface area contributed by atoms with Crippen LogP contribution in [0.3, 0.4) is 0 Å². The van der Waals surface area contributed by atoms with E-state index < -0.39 is 10.0 Å². The van der Waals surface area contributed by atoms with Crippen LogP contribution in [0.4, 0.5) is 5.69 Å². The first-order valence-electron chi connectivity index (χ1n) is 12.6. The molecule has 1 N–H and O–H groups in total. The maximum atomic E-state index is 12.8. The first kappa shape index (κ1) is 27.7. The summed E-state index contributed by atoms with van der Waals surface area (Å²) in [6, 6.07) is 28.9. The molecule has 0 atom stereocenters. The lowest BCUT2D eigenvalue weighted by molar-refractivity contribution is 0.0947. The first-order valence-corrected chi connectivity index (χ1v) is 14.4. The van der Waals surface area contributed by atoms with Gasteiger partial charge in [-0.1, -0.05) is 48.5 Å². The molecule has 0 heterocycles. The highest BCUT2D eigenvalue weighted by Gasteiger charge is 2.22. The van der Waals surface area contributed by atoms with Crippen molar-refractivity contribution in [2.75, 3.05) is 23.7 Å². The van der Waals surface area contributed by atoms with E-state index in [9.17, 15) is 13.2 Å². The highest BCUT2D eigenvalue weighted by Crippen LogP contribution is 2.34. The van der Waals surface area contributed by atoms with Gasteiger partial charge >= 0.3 is 0 Å². The van der Waals surface area contributed by atoms with Crippen molar-refractivity contribution in [2.24, 2.45) is 0 Å². The van der Waals surface area contributed by atoms with Crippen LogP contribution in [0, 0.1) is 13.8 Å². The van der Waals surface area contributed by atoms with Gasteiger partial charge in [0.05, 0.1) is 25.0 Å². The van der Waals surface area contributed by atoms with Crippen molar-refractivity contribution in [1.29, 1.82) is 0 Å². The smallest absolute Gasteiger partial charge is 0.251 e. The van der Waals surface area contributed by atoms with Crippen LogP contribution in [-0.4, -0.2) is 33.7 Å². The third kappa shape index (κ3) is 7.61. The summed E-state index contributed by atoms with van der Waals surface area (Å²) < 4.78 is 38.6. The number of benzene rings is 4. The summed E-state index contributed by atoms with van der Waals surface area (Å²) in [5, 5.41) is 2.85. The normalized spacial score (nSPS) is 11.1. The molecule has 0 aromatic heterocycles. The Hall–Kier alpha value is -4.30. The predicted octanol–water partition coefficient (Wildman–Crippen LogP) is 5.87. The molecule has 0 unspecified atom stereocenters. The molecule has 7 nitrogen and oxygen atoms in total. The third-order valence-corrected chi connectivity index (χ3v) is 7.31. The minimum absolute atomic E-state index is 0.0830. The number of para-hydroxylation sites is 3. The van der Waals surface area contributed by atoms with E-state index in [-0.39, 0.29) is 12.5 Å². The van der Waals surface area contributed by atoms with Crippen molar-refractivity contribution >= 4 is 21.6 Å². The number of hydrogen-bond donors (Lipinski definition) is 1. The molecule has 0 fully saturated rings. The summed E-state index contributed by atoms with van der Waals surface area (Å²) in [6.07, 6.45) is 1.16. The number of rotatable bonds is 11. The van der Waals surface area contributed by atoms with Crippen molar-refractivity contribution in [3.63, 3.8) is 0 Å². The second-order valence-electron chi connectivity index (χ2n) is 9.20. The van der Waals surface area contributed by atoms with Crippen molar-refractivity contribution < 1.29 is 22.7 Å². The number of anilines is 1. The number of sulfonamides is 1. The molecule has 0 aliphatic heterocycles. The number of carbonyl (C=O) groups excluding carboxylic acids is 1. The molecule has 0 aliphatic rings. The van der Waals surface area contributed by atoms with Crippen molar-refractivity contribution in [1.82, 2.24) is 5.32 Å². The van der Waals surface area contributed by atoms with E-state index in [1.54, 1.807) is 60.7 Å². The van der Waals surface area contributed by atoms with E-state index in [2.05, 4.69) is 5.32 Å². The second kappa shape index (κ2) is 12.5. The fourth-order valence-corrected chi connectivity index (χ4v) is 4.80. The van der Waals surface area contributed by atoms with Crippen LogP contribution in [0.1, 0.15) is 27.0 Å². The van der Waals surface area contributed by atoms with E-state index >= 15 is 0 Å². The predicted molar refractivity (Wildman–Crippen MR) is 154 cm³/mol. The average Bonchev–Trinajstić information content (AvgIpc) is 2.92. The SMILES string of the molecule is Cc1ccc(OCCNC(=O)c2ccc(CN(c3ccccc3Oc3ccccc3)S(C)(=O)=O)cc2)cc1C. The first-order chi connectivity index (χ1) is 18.7. The van der Waals surface area contributed by atoms with E-state index in [1.807, 2.05) is 50.2 Å². The molecule has 4 rings (SSSR count). The van der Waals surface area contributed by atoms with Gasteiger partial charge in [-0.05, 0) is 79.1 Å². The Morgan fingerprint density at radius 1 is 0.821 bits per heavy atom. The standard InChI is InChI=1S/C31H32N2O5S/c1-23-13-18-28(21-24(23)2)37-20-19-32-31(34)26-16-14-25(15-17-26)22-33(39(3,35)36)29-11-7-8-12-30(29)38-27-9-5-4-6-10-27/h4-18,21H,19-20,22H2,1-3H3,(H,32,34). The Morgan fingerprint density at radius 2 is 1.51 bits per heavy atom. The van der Waals surface area contributed by atoms with Gasteiger partial charge in [0, 0.05) is 5.56 Å². The van der Waals surface area contributed by atoms with Gasteiger partial charge in [0.1, 0.15) is 18.1 Å². The van der Waals surface area contributed by atoms with Gasteiger partial charge in [-0.25, -0.2) is 8.42 Å². The van der Waals surface area contributed by atoms with Gasteiger partial charge in [0.25, 0.3) is 5.91 Å². The number of aryl methyl sites for hydroxylation is 2. The molecule has 0 saturated heterocycles. The lowest BCUT2D eigenvalue weighted by Crippen LogP contribution is -2.30. The molecular formula is C31H32N2O5S. The Morgan fingerprint density at radius 3 is 2.21 bits per heavy atom. The molecule has 0 aliphatic carbocycles. The van der Waals surface area contributed by atoms with Crippen LogP contribution in [0.2, 0.25) is 0 Å². The number of amides is 1. The minimum atomic E-state index is -3.64. The van der Waals surface area contributed by atoms with E-state index in [4.69, 9.17) is 9.47 Å². The maximum absolute atomic E-state index is 12.8. The van der Waals surface area contributed by atoms with Crippen molar-refractivity contribution in [3.8, 4) is 17.2 Å². The molecule has 0 radical (unpaired) electrons. The molecule has 4 aromatic carbocycles. The summed E-state index contributed by atoms with van der Waals surface area (Å²) in [7, 11) is -3.64. The molecular weight excluding hydrogens is 512 g/mol. The molecule has 0 spiro atoms. The van der Waals surface area contributed by atoms with E-state index in [1.165, 1.54) is 9.87 Å². The molecule has 0 bridgehead atoms. The largest absolute Gasteiger partial charge is 0.492 e. The molecule has 202 valence electrons. The summed E-state index contributed by atoms with van der Waals surface area (Å²) >= 11 is 0. The van der Waals surface area contributed by atoms with Crippen LogP contribution in [-0.2, 0) is 16.6 Å². The Kier molecular flexibility index (Phi) is 8.88. The van der Waals surface area contributed by atoms with Crippen molar-refractivity contribution in [3.05, 3.63) is 119 Å².